The number of nitrogens with one attached hydrogen (secondary N) is 2. The third kappa shape index (κ3) is 3.92. The van der Waals surface area contributed by atoms with E-state index < -0.39 is 0 Å². The number of nitrogens with zero attached hydrogens (tertiary/aromatic N) is 5. The molecule has 0 bridgehead atoms. The standard InChI is InChI=1S/C16H13N7O/c17-9-13(16-20-22-23-21-16)10-19-14-1-3-15(4-2-14)24-11-12-5-7-18-8-6-12/h1-8,10,19H,11H2,(H,20,21,22,23). The third-order valence-corrected chi connectivity index (χ3v) is 3.10. The fourth-order valence-corrected chi connectivity index (χ4v) is 1.87. The highest BCUT2D eigenvalue weighted by atomic mass is 16.5. The summed E-state index contributed by atoms with van der Waals surface area (Å²) in [5, 5.41) is 25.4. The molecule has 0 saturated heterocycles. The van der Waals surface area contributed by atoms with Crippen molar-refractivity contribution < 1.29 is 4.74 Å². The molecule has 3 rings (SSSR count). The molecular formula is C16H13N7O. The fourth-order valence-electron chi connectivity index (χ4n) is 1.87. The van der Waals surface area contributed by atoms with E-state index in [0.717, 1.165) is 17.0 Å². The van der Waals surface area contributed by atoms with E-state index in [2.05, 4.69) is 30.9 Å². The van der Waals surface area contributed by atoms with Crippen LogP contribution in [0.25, 0.3) is 5.57 Å². The molecule has 8 heteroatoms. The predicted molar refractivity (Wildman–Crippen MR) is 86.4 cm³/mol. The molecule has 0 aliphatic carbocycles. The second-order valence-corrected chi connectivity index (χ2v) is 4.72. The Balaban J connectivity index is 1.59. The lowest BCUT2D eigenvalue weighted by molar-refractivity contribution is 0.306. The van der Waals surface area contributed by atoms with Gasteiger partial charge in [-0.1, -0.05) is 0 Å². The number of pyridine rings is 1. The number of allylic oxidation sites excluding steroid dienone is 1. The number of tetrazole rings is 1. The molecule has 2 N–H and O–H groups in total. The lowest BCUT2D eigenvalue weighted by Gasteiger charge is -2.07. The first-order valence-corrected chi connectivity index (χ1v) is 7.07. The van der Waals surface area contributed by atoms with Crippen molar-refractivity contribution in [3.63, 3.8) is 0 Å². The summed E-state index contributed by atoms with van der Waals surface area (Å²) >= 11 is 0. The van der Waals surface area contributed by atoms with Crippen LogP contribution in [0.1, 0.15) is 11.4 Å². The molecule has 118 valence electrons. The molecule has 0 spiro atoms. The van der Waals surface area contributed by atoms with Crippen LogP contribution in [0.15, 0.2) is 55.0 Å². The molecule has 2 aromatic heterocycles. The van der Waals surface area contributed by atoms with E-state index in [0.29, 0.717) is 6.61 Å². The van der Waals surface area contributed by atoms with Crippen molar-refractivity contribution in [1.82, 2.24) is 25.6 Å². The molecule has 0 aliphatic rings. The van der Waals surface area contributed by atoms with Crippen LogP contribution < -0.4 is 10.1 Å². The fraction of sp³-hybridized carbons (Fsp3) is 0.0625. The summed E-state index contributed by atoms with van der Waals surface area (Å²) in [5.74, 6) is 0.988. The highest BCUT2D eigenvalue weighted by Gasteiger charge is 2.05. The van der Waals surface area contributed by atoms with Gasteiger partial charge in [-0.05, 0) is 47.2 Å². The molecule has 0 amide bonds. The lowest BCUT2D eigenvalue weighted by atomic mass is 10.2. The van der Waals surface area contributed by atoms with Gasteiger partial charge in [-0.3, -0.25) is 4.98 Å². The topological polar surface area (TPSA) is 112 Å². The zero-order chi connectivity index (χ0) is 16.6. The molecule has 0 atom stereocenters. The van der Waals surface area contributed by atoms with Crippen molar-refractivity contribution in [1.29, 1.82) is 5.26 Å². The van der Waals surface area contributed by atoms with E-state index in [1.165, 1.54) is 6.20 Å². The first-order valence-electron chi connectivity index (χ1n) is 7.07. The smallest absolute Gasteiger partial charge is 0.216 e. The number of hydrogen-bond acceptors (Lipinski definition) is 7. The predicted octanol–water partition coefficient (Wildman–Crippen LogP) is 2.15. The summed E-state index contributed by atoms with van der Waals surface area (Å²) in [4.78, 5) is 3.97. The van der Waals surface area contributed by atoms with Crippen LogP contribution in [0.5, 0.6) is 5.75 Å². The molecule has 0 fully saturated rings. The van der Waals surface area contributed by atoms with Gasteiger partial charge in [0.2, 0.25) is 5.82 Å². The van der Waals surface area contributed by atoms with Crippen molar-refractivity contribution in [3.05, 3.63) is 66.4 Å². The first-order chi connectivity index (χ1) is 11.8. The van der Waals surface area contributed by atoms with E-state index in [1.54, 1.807) is 12.4 Å². The molecule has 1 aromatic carbocycles. The van der Waals surface area contributed by atoms with Crippen LogP contribution in [0, 0.1) is 11.3 Å². The Labute approximate surface area is 137 Å². The second kappa shape index (κ2) is 7.51. The van der Waals surface area contributed by atoms with E-state index >= 15 is 0 Å². The van der Waals surface area contributed by atoms with Gasteiger partial charge in [-0.2, -0.15) is 10.5 Å². The minimum Gasteiger partial charge on any atom is -0.489 e. The quantitative estimate of drug-likeness (QED) is 0.669. The molecular weight excluding hydrogens is 306 g/mol. The van der Waals surface area contributed by atoms with Gasteiger partial charge in [0.25, 0.3) is 0 Å². The van der Waals surface area contributed by atoms with Crippen molar-refractivity contribution in [2.45, 2.75) is 6.61 Å². The molecule has 0 unspecified atom stereocenters. The highest BCUT2D eigenvalue weighted by molar-refractivity contribution is 5.74. The van der Waals surface area contributed by atoms with Gasteiger partial charge in [0.15, 0.2) is 0 Å². The molecule has 0 radical (unpaired) electrons. The van der Waals surface area contributed by atoms with Gasteiger partial charge in [-0.25, -0.2) is 0 Å². The highest BCUT2D eigenvalue weighted by Crippen LogP contribution is 2.17. The van der Waals surface area contributed by atoms with Crippen molar-refractivity contribution >= 4 is 11.3 Å². The second-order valence-electron chi connectivity index (χ2n) is 4.72. The zero-order valence-electron chi connectivity index (χ0n) is 12.5. The third-order valence-electron chi connectivity index (χ3n) is 3.10. The van der Waals surface area contributed by atoms with Gasteiger partial charge in [0, 0.05) is 24.3 Å². The number of H-pyrrole nitrogens is 1. The largest absolute Gasteiger partial charge is 0.489 e. The number of anilines is 1. The first kappa shape index (κ1) is 15.2. The number of nitriles is 1. The summed E-state index contributed by atoms with van der Waals surface area (Å²) in [6.45, 7) is 0.478. The number of ether oxygens (including phenoxy) is 1. The van der Waals surface area contributed by atoms with Gasteiger partial charge in [0.1, 0.15) is 24.0 Å². The summed E-state index contributed by atoms with van der Waals surface area (Å²) < 4.78 is 5.70. The van der Waals surface area contributed by atoms with E-state index in [4.69, 9.17) is 10.00 Å². The molecule has 0 saturated carbocycles. The van der Waals surface area contributed by atoms with Crippen LogP contribution in [-0.2, 0) is 6.61 Å². The summed E-state index contributed by atoms with van der Waals surface area (Å²) in [6, 6.07) is 13.2. The van der Waals surface area contributed by atoms with Crippen molar-refractivity contribution in [2.24, 2.45) is 0 Å². The Morgan fingerprint density at radius 3 is 2.67 bits per heavy atom. The Hall–Kier alpha value is -3.73. The van der Waals surface area contributed by atoms with E-state index in [9.17, 15) is 0 Å². The summed E-state index contributed by atoms with van der Waals surface area (Å²) in [7, 11) is 0. The SMILES string of the molecule is N#CC(=CNc1ccc(OCc2ccncc2)cc1)c1nn[nH]n1. The number of rotatable bonds is 6. The molecule has 3 aromatic rings. The average Bonchev–Trinajstić information content (AvgIpc) is 3.17. The average molecular weight is 319 g/mol. The zero-order valence-corrected chi connectivity index (χ0v) is 12.5. The van der Waals surface area contributed by atoms with E-state index in [1.807, 2.05) is 42.5 Å². The van der Waals surface area contributed by atoms with Crippen LogP contribution >= 0.6 is 0 Å². The van der Waals surface area contributed by atoms with Gasteiger partial charge in [-0.15, -0.1) is 10.2 Å². The van der Waals surface area contributed by atoms with Crippen LogP contribution in [-0.4, -0.2) is 25.6 Å². The lowest BCUT2D eigenvalue weighted by Crippen LogP contribution is -1.96. The van der Waals surface area contributed by atoms with Crippen LogP contribution in [0.3, 0.4) is 0 Å². The van der Waals surface area contributed by atoms with Crippen LogP contribution in [0.4, 0.5) is 5.69 Å². The normalized spacial score (nSPS) is 10.9. The monoisotopic (exact) mass is 319 g/mol. The minimum atomic E-state index is 0.238. The van der Waals surface area contributed by atoms with Crippen LogP contribution in [0.2, 0.25) is 0 Å². The minimum absolute atomic E-state index is 0.238. The Bertz CT molecular complexity index is 836. The summed E-state index contributed by atoms with van der Waals surface area (Å²) in [6.07, 6.45) is 4.99. The maximum absolute atomic E-state index is 9.09. The Morgan fingerprint density at radius 2 is 2.00 bits per heavy atom. The number of benzene rings is 1. The molecule has 0 aliphatic heterocycles. The maximum Gasteiger partial charge on any atom is 0.216 e. The molecule has 2 heterocycles. The molecule has 24 heavy (non-hydrogen) atoms. The molecule has 8 nitrogen and oxygen atoms in total. The number of hydrogen-bond donors (Lipinski definition) is 2. The van der Waals surface area contributed by atoms with Crippen molar-refractivity contribution in [2.75, 3.05) is 5.32 Å². The van der Waals surface area contributed by atoms with Gasteiger partial charge < -0.3 is 10.1 Å². The van der Waals surface area contributed by atoms with Crippen molar-refractivity contribution in [3.8, 4) is 11.8 Å². The van der Waals surface area contributed by atoms with Gasteiger partial charge in [0.05, 0.1) is 0 Å². The maximum atomic E-state index is 9.09. The summed E-state index contributed by atoms with van der Waals surface area (Å²) in [5.41, 5.74) is 2.14. The number of aromatic nitrogens is 5. The number of aromatic amines is 1. The van der Waals surface area contributed by atoms with Gasteiger partial charge >= 0.3 is 0 Å². The Morgan fingerprint density at radius 1 is 1.21 bits per heavy atom. The Kier molecular flexibility index (Phi) is 4.75. The van der Waals surface area contributed by atoms with E-state index in [-0.39, 0.29) is 11.4 Å².